The molecule has 1 aromatic rings. The predicted molar refractivity (Wildman–Crippen MR) is 73.0 cm³/mol. The second-order valence-electron chi connectivity index (χ2n) is 4.92. The van der Waals surface area contributed by atoms with Crippen molar-refractivity contribution < 1.29 is 9.47 Å². The lowest BCUT2D eigenvalue weighted by Crippen LogP contribution is -2.24. The van der Waals surface area contributed by atoms with Crippen LogP contribution < -0.4 is 5.32 Å². The molecule has 1 rings (SSSR count). The van der Waals surface area contributed by atoms with Gasteiger partial charge in [-0.3, -0.25) is 0 Å². The van der Waals surface area contributed by atoms with Gasteiger partial charge in [0, 0.05) is 33.0 Å². The maximum absolute atomic E-state index is 5.17. The molecule has 5 nitrogen and oxygen atoms in total. The first-order chi connectivity index (χ1) is 8.56. The highest BCUT2D eigenvalue weighted by Crippen LogP contribution is 2.13. The van der Waals surface area contributed by atoms with Gasteiger partial charge in [0.15, 0.2) is 0 Å². The Balaban J connectivity index is 2.66. The minimum absolute atomic E-state index is 0.244. The Morgan fingerprint density at radius 3 is 2.56 bits per heavy atom. The zero-order chi connectivity index (χ0) is 13.5. The largest absolute Gasteiger partial charge is 0.384 e. The fourth-order valence-corrected chi connectivity index (χ4v) is 1.99. The van der Waals surface area contributed by atoms with Crippen molar-refractivity contribution in [1.82, 2.24) is 9.55 Å². The first-order valence-corrected chi connectivity index (χ1v) is 6.35. The van der Waals surface area contributed by atoms with Crippen LogP contribution in [0.3, 0.4) is 0 Å². The third-order valence-electron chi connectivity index (χ3n) is 2.65. The molecule has 1 aromatic heterocycles. The number of rotatable bonds is 8. The zero-order valence-corrected chi connectivity index (χ0v) is 12.1. The Morgan fingerprint density at radius 1 is 1.28 bits per heavy atom. The summed E-state index contributed by atoms with van der Waals surface area (Å²) < 4.78 is 12.4. The number of ether oxygens (including phenoxy) is 2. The van der Waals surface area contributed by atoms with E-state index in [0.29, 0.717) is 12.5 Å². The summed E-state index contributed by atoms with van der Waals surface area (Å²) in [5, 5.41) is 3.37. The molecular formula is C13H25N3O2. The van der Waals surface area contributed by atoms with Crippen molar-refractivity contribution in [3.63, 3.8) is 0 Å². The Labute approximate surface area is 109 Å². The van der Waals surface area contributed by atoms with Crippen LogP contribution in [0.4, 0.5) is 5.95 Å². The SMILES string of the molecule is COCC(C)Cn1cc(C)nc1NC(C)COC. The lowest BCUT2D eigenvalue weighted by Gasteiger charge is -2.17. The van der Waals surface area contributed by atoms with E-state index in [9.17, 15) is 0 Å². The molecule has 0 fully saturated rings. The van der Waals surface area contributed by atoms with Gasteiger partial charge in [-0.1, -0.05) is 6.92 Å². The van der Waals surface area contributed by atoms with E-state index in [1.54, 1.807) is 14.2 Å². The third kappa shape index (κ3) is 4.66. The predicted octanol–water partition coefficient (Wildman–Crippen LogP) is 1.92. The van der Waals surface area contributed by atoms with Crippen molar-refractivity contribution in [1.29, 1.82) is 0 Å². The van der Waals surface area contributed by atoms with E-state index >= 15 is 0 Å². The van der Waals surface area contributed by atoms with Crippen LogP contribution in [-0.2, 0) is 16.0 Å². The number of nitrogens with zero attached hydrogens (tertiary/aromatic N) is 2. The Morgan fingerprint density at radius 2 is 1.94 bits per heavy atom. The second kappa shape index (κ2) is 7.38. The van der Waals surface area contributed by atoms with Gasteiger partial charge < -0.3 is 19.4 Å². The van der Waals surface area contributed by atoms with Gasteiger partial charge in [0.1, 0.15) is 0 Å². The molecular weight excluding hydrogens is 230 g/mol. The van der Waals surface area contributed by atoms with Gasteiger partial charge in [-0.15, -0.1) is 0 Å². The molecule has 0 aliphatic rings. The fraction of sp³-hybridized carbons (Fsp3) is 0.769. The molecule has 0 saturated heterocycles. The zero-order valence-electron chi connectivity index (χ0n) is 12.1. The van der Waals surface area contributed by atoms with Gasteiger partial charge in [0.05, 0.1) is 18.9 Å². The first kappa shape index (κ1) is 15.0. The molecule has 5 heteroatoms. The molecule has 18 heavy (non-hydrogen) atoms. The molecule has 0 aromatic carbocycles. The van der Waals surface area contributed by atoms with Crippen LogP contribution in [-0.4, -0.2) is 43.0 Å². The molecule has 2 atom stereocenters. The number of hydrogen-bond acceptors (Lipinski definition) is 4. The number of aryl methyl sites for hydroxylation is 1. The van der Waals surface area contributed by atoms with Crippen molar-refractivity contribution in [3.05, 3.63) is 11.9 Å². The van der Waals surface area contributed by atoms with Crippen molar-refractivity contribution >= 4 is 5.95 Å². The van der Waals surface area contributed by atoms with E-state index in [1.165, 1.54) is 0 Å². The molecule has 104 valence electrons. The topological polar surface area (TPSA) is 48.3 Å². The van der Waals surface area contributed by atoms with Crippen LogP contribution in [0.25, 0.3) is 0 Å². The van der Waals surface area contributed by atoms with E-state index in [1.807, 2.05) is 6.92 Å². The molecule has 0 spiro atoms. The smallest absolute Gasteiger partial charge is 0.203 e. The molecule has 0 amide bonds. The molecule has 0 aliphatic heterocycles. The maximum atomic E-state index is 5.17. The highest BCUT2D eigenvalue weighted by Gasteiger charge is 2.11. The van der Waals surface area contributed by atoms with Gasteiger partial charge in [-0.25, -0.2) is 4.98 Å². The van der Waals surface area contributed by atoms with Gasteiger partial charge >= 0.3 is 0 Å². The normalized spacial score (nSPS) is 14.5. The molecule has 1 heterocycles. The third-order valence-corrected chi connectivity index (χ3v) is 2.65. The van der Waals surface area contributed by atoms with Crippen molar-refractivity contribution in [2.24, 2.45) is 5.92 Å². The van der Waals surface area contributed by atoms with Gasteiger partial charge in [0.2, 0.25) is 5.95 Å². The van der Waals surface area contributed by atoms with Crippen LogP contribution >= 0.6 is 0 Å². The number of methoxy groups -OCH3 is 2. The molecule has 0 aliphatic carbocycles. The van der Waals surface area contributed by atoms with Crippen LogP contribution in [0.2, 0.25) is 0 Å². The molecule has 2 unspecified atom stereocenters. The summed E-state index contributed by atoms with van der Waals surface area (Å²) in [5.41, 5.74) is 1.02. The minimum atomic E-state index is 0.244. The van der Waals surface area contributed by atoms with Gasteiger partial charge in [-0.05, 0) is 19.8 Å². The van der Waals surface area contributed by atoms with E-state index in [2.05, 4.69) is 34.9 Å². The van der Waals surface area contributed by atoms with E-state index in [-0.39, 0.29) is 6.04 Å². The summed E-state index contributed by atoms with van der Waals surface area (Å²) in [7, 11) is 3.44. The Bertz CT molecular complexity index is 321. The monoisotopic (exact) mass is 255 g/mol. The van der Waals surface area contributed by atoms with Gasteiger partial charge in [-0.2, -0.15) is 0 Å². The Hall–Kier alpha value is -1.07. The summed E-state index contributed by atoms with van der Waals surface area (Å²) in [6.07, 6.45) is 2.06. The molecule has 0 saturated carbocycles. The average Bonchev–Trinajstić information content (AvgIpc) is 2.59. The molecule has 1 N–H and O–H groups in total. The quantitative estimate of drug-likeness (QED) is 0.771. The summed E-state index contributed by atoms with van der Waals surface area (Å²) in [6, 6.07) is 0.244. The summed E-state index contributed by atoms with van der Waals surface area (Å²) >= 11 is 0. The lowest BCUT2D eigenvalue weighted by atomic mass is 10.2. The van der Waals surface area contributed by atoms with Crippen molar-refractivity contribution in [2.45, 2.75) is 33.4 Å². The van der Waals surface area contributed by atoms with Crippen LogP contribution in [0.1, 0.15) is 19.5 Å². The van der Waals surface area contributed by atoms with E-state index in [4.69, 9.17) is 9.47 Å². The number of aromatic nitrogens is 2. The highest BCUT2D eigenvalue weighted by molar-refractivity contribution is 5.30. The lowest BCUT2D eigenvalue weighted by molar-refractivity contribution is 0.151. The first-order valence-electron chi connectivity index (χ1n) is 6.35. The Kier molecular flexibility index (Phi) is 6.15. The number of imidazole rings is 1. The average molecular weight is 255 g/mol. The van der Waals surface area contributed by atoms with E-state index < -0.39 is 0 Å². The molecule has 0 bridgehead atoms. The molecule has 0 radical (unpaired) electrons. The minimum Gasteiger partial charge on any atom is -0.384 e. The highest BCUT2D eigenvalue weighted by atomic mass is 16.5. The number of anilines is 1. The second-order valence-corrected chi connectivity index (χ2v) is 4.92. The van der Waals surface area contributed by atoms with Crippen molar-refractivity contribution in [3.8, 4) is 0 Å². The number of nitrogens with one attached hydrogen (secondary N) is 1. The van der Waals surface area contributed by atoms with E-state index in [0.717, 1.165) is 24.8 Å². The summed E-state index contributed by atoms with van der Waals surface area (Å²) in [6.45, 7) is 8.57. The van der Waals surface area contributed by atoms with Crippen LogP contribution in [0.15, 0.2) is 6.20 Å². The van der Waals surface area contributed by atoms with Gasteiger partial charge in [0.25, 0.3) is 0 Å². The fourth-order valence-electron chi connectivity index (χ4n) is 1.99. The standard InChI is InChI=1S/C13H25N3O2/c1-10(8-17-4)6-16-7-11(2)14-13(16)15-12(3)9-18-5/h7,10,12H,6,8-9H2,1-5H3,(H,14,15). The number of hydrogen-bond donors (Lipinski definition) is 1. The van der Waals surface area contributed by atoms with Crippen LogP contribution in [0.5, 0.6) is 0 Å². The summed E-state index contributed by atoms with van der Waals surface area (Å²) in [5.74, 6) is 1.36. The van der Waals surface area contributed by atoms with Crippen LogP contribution in [0, 0.1) is 12.8 Å². The maximum Gasteiger partial charge on any atom is 0.203 e. The van der Waals surface area contributed by atoms with Crippen molar-refractivity contribution in [2.75, 3.05) is 32.8 Å². The summed E-state index contributed by atoms with van der Waals surface area (Å²) in [4.78, 5) is 4.50.